The van der Waals surface area contributed by atoms with E-state index in [1.54, 1.807) is 25.6 Å². The number of halogens is 1. The summed E-state index contributed by atoms with van der Waals surface area (Å²) in [4.78, 5) is 7.60. The average molecular weight is 402 g/mol. The Morgan fingerprint density at radius 1 is 1.03 bits per heavy atom. The molecule has 0 fully saturated rings. The van der Waals surface area contributed by atoms with Crippen molar-refractivity contribution in [3.63, 3.8) is 0 Å². The Balaban J connectivity index is 1.73. The van der Waals surface area contributed by atoms with Crippen LogP contribution in [0, 0.1) is 6.57 Å². The normalized spacial score (nSPS) is 10.5. The quantitative estimate of drug-likeness (QED) is 0.446. The fourth-order valence-electron chi connectivity index (χ4n) is 3.07. The zero-order valence-corrected chi connectivity index (χ0v) is 16.3. The van der Waals surface area contributed by atoms with Gasteiger partial charge in [0.25, 0.3) is 0 Å². The van der Waals surface area contributed by atoms with Crippen molar-refractivity contribution in [1.82, 2.24) is 15.2 Å². The first-order chi connectivity index (χ1) is 14.2. The molecule has 0 saturated carbocycles. The van der Waals surface area contributed by atoms with Gasteiger partial charge in [0.05, 0.1) is 18.7 Å². The second-order valence-corrected chi connectivity index (χ2v) is 6.70. The van der Waals surface area contributed by atoms with Crippen molar-refractivity contribution in [1.29, 1.82) is 0 Å². The Bertz CT molecular complexity index is 1220. The van der Waals surface area contributed by atoms with Crippen molar-refractivity contribution in [3.05, 3.63) is 82.9 Å². The van der Waals surface area contributed by atoms with E-state index in [-0.39, 0.29) is 0 Å². The second-order valence-electron chi connectivity index (χ2n) is 6.30. The van der Waals surface area contributed by atoms with Crippen molar-refractivity contribution in [2.24, 2.45) is 0 Å². The summed E-state index contributed by atoms with van der Waals surface area (Å²) in [5, 5.41) is 14.4. The van der Waals surface area contributed by atoms with Gasteiger partial charge in [0.15, 0.2) is 11.5 Å². The molecule has 29 heavy (non-hydrogen) atoms. The molecule has 4 rings (SSSR count). The van der Waals surface area contributed by atoms with Crippen molar-refractivity contribution in [2.75, 3.05) is 12.4 Å². The zero-order chi connectivity index (χ0) is 20.2. The molecule has 4 aromatic rings. The molecule has 0 radical (unpaired) electrons. The van der Waals surface area contributed by atoms with Gasteiger partial charge in [-0.15, -0.1) is 10.2 Å². The number of benzene rings is 2. The molecule has 0 spiro atoms. The lowest BCUT2D eigenvalue weighted by Crippen LogP contribution is -2.04. The van der Waals surface area contributed by atoms with Crippen molar-refractivity contribution in [3.8, 4) is 17.0 Å². The minimum atomic E-state index is 0.504. The lowest BCUT2D eigenvalue weighted by molar-refractivity contribution is 0.415. The molecule has 0 unspecified atom stereocenters. The molecule has 0 amide bonds. The standard InChI is InChI=1S/C22H16ClN5O/c1-24-16-4-5-17-18(12-16)22(28-27-21(17)15-7-9-25-10-8-15)26-13-14-3-6-20(29-2)19(23)11-14/h3-12H,13H2,2H3,(H,26,28). The van der Waals surface area contributed by atoms with E-state index in [0.717, 1.165) is 27.6 Å². The van der Waals surface area contributed by atoms with E-state index in [1.807, 2.05) is 42.5 Å². The summed E-state index contributed by atoms with van der Waals surface area (Å²) >= 11 is 6.22. The first-order valence-corrected chi connectivity index (χ1v) is 9.22. The highest BCUT2D eigenvalue weighted by Crippen LogP contribution is 2.33. The van der Waals surface area contributed by atoms with E-state index in [1.165, 1.54) is 0 Å². The van der Waals surface area contributed by atoms with Crippen LogP contribution < -0.4 is 10.1 Å². The molecule has 0 aliphatic carbocycles. The highest BCUT2D eigenvalue weighted by atomic mass is 35.5. The summed E-state index contributed by atoms with van der Waals surface area (Å²) in [5.74, 6) is 1.24. The van der Waals surface area contributed by atoms with E-state index >= 15 is 0 Å². The van der Waals surface area contributed by atoms with Gasteiger partial charge in [-0.25, -0.2) is 4.85 Å². The summed E-state index contributed by atoms with van der Waals surface area (Å²) < 4.78 is 5.19. The Morgan fingerprint density at radius 2 is 1.86 bits per heavy atom. The number of hydrogen-bond acceptors (Lipinski definition) is 5. The molecule has 0 bridgehead atoms. The summed E-state index contributed by atoms with van der Waals surface area (Å²) in [6, 6.07) is 14.9. The molecular formula is C22H16ClN5O. The van der Waals surface area contributed by atoms with Gasteiger partial charge in [-0.05, 0) is 35.9 Å². The van der Waals surface area contributed by atoms with Crippen LogP contribution >= 0.6 is 11.6 Å². The Labute approximate surface area is 173 Å². The maximum Gasteiger partial charge on any atom is 0.188 e. The predicted octanol–water partition coefficient (Wildman–Crippen LogP) is 5.52. The number of ether oxygens (including phenoxy) is 1. The van der Waals surface area contributed by atoms with E-state index in [0.29, 0.717) is 28.8 Å². The van der Waals surface area contributed by atoms with Crippen LogP contribution in [-0.4, -0.2) is 22.3 Å². The number of hydrogen-bond donors (Lipinski definition) is 1. The van der Waals surface area contributed by atoms with E-state index in [4.69, 9.17) is 22.9 Å². The van der Waals surface area contributed by atoms with Gasteiger partial charge in [0.1, 0.15) is 11.4 Å². The van der Waals surface area contributed by atoms with E-state index in [9.17, 15) is 0 Å². The van der Waals surface area contributed by atoms with Crippen LogP contribution in [0.5, 0.6) is 5.75 Å². The topological polar surface area (TPSA) is 64.3 Å². The predicted molar refractivity (Wildman–Crippen MR) is 114 cm³/mol. The third-order valence-corrected chi connectivity index (χ3v) is 4.82. The molecule has 2 heterocycles. The Hall–Kier alpha value is -3.69. The number of anilines is 1. The van der Waals surface area contributed by atoms with Gasteiger partial charge in [-0.1, -0.05) is 29.8 Å². The zero-order valence-electron chi connectivity index (χ0n) is 15.6. The number of fused-ring (bicyclic) bond motifs is 1. The lowest BCUT2D eigenvalue weighted by Gasteiger charge is -2.12. The molecule has 0 atom stereocenters. The highest BCUT2D eigenvalue weighted by molar-refractivity contribution is 6.32. The molecule has 142 valence electrons. The number of rotatable bonds is 5. The molecule has 6 nitrogen and oxygen atoms in total. The molecule has 1 N–H and O–H groups in total. The maximum atomic E-state index is 7.34. The molecule has 0 aliphatic heterocycles. The van der Waals surface area contributed by atoms with E-state index < -0.39 is 0 Å². The Morgan fingerprint density at radius 3 is 2.59 bits per heavy atom. The number of nitrogens with zero attached hydrogens (tertiary/aromatic N) is 4. The van der Waals surface area contributed by atoms with Gasteiger partial charge in [0.2, 0.25) is 0 Å². The molecular weight excluding hydrogens is 386 g/mol. The van der Waals surface area contributed by atoms with Gasteiger partial charge in [-0.3, -0.25) is 4.98 Å². The van der Waals surface area contributed by atoms with Crippen molar-refractivity contribution < 1.29 is 4.74 Å². The summed E-state index contributed by atoms with van der Waals surface area (Å²) in [7, 11) is 1.58. The summed E-state index contributed by atoms with van der Waals surface area (Å²) in [6.07, 6.45) is 3.44. The number of aromatic nitrogens is 3. The summed E-state index contributed by atoms with van der Waals surface area (Å²) in [6.45, 7) is 7.84. The lowest BCUT2D eigenvalue weighted by atomic mass is 10.0. The van der Waals surface area contributed by atoms with Gasteiger partial charge in [0, 0.05) is 35.3 Å². The minimum absolute atomic E-state index is 0.504. The van der Waals surface area contributed by atoms with Crippen LogP contribution in [0.1, 0.15) is 5.56 Å². The molecule has 2 aromatic carbocycles. The van der Waals surface area contributed by atoms with Crippen molar-refractivity contribution in [2.45, 2.75) is 6.54 Å². The third kappa shape index (κ3) is 3.82. The smallest absolute Gasteiger partial charge is 0.188 e. The molecule has 0 aliphatic rings. The maximum absolute atomic E-state index is 7.34. The fraction of sp³-hybridized carbons (Fsp3) is 0.0909. The van der Waals surface area contributed by atoms with Crippen LogP contribution in [0.3, 0.4) is 0 Å². The van der Waals surface area contributed by atoms with Crippen molar-refractivity contribution >= 4 is 33.9 Å². The van der Waals surface area contributed by atoms with Crippen LogP contribution in [0.25, 0.3) is 26.9 Å². The van der Waals surface area contributed by atoms with Crippen LogP contribution in [-0.2, 0) is 6.54 Å². The van der Waals surface area contributed by atoms with E-state index in [2.05, 4.69) is 25.3 Å². The molecule has 0 saturated heterocycles. The largest absolute Gasteiger partial charge is 0.495 e. The van der Waals surface area contributed by atoms with Gasteiger partial charge >= 0.3 is 0 Å². The highest BCUT2D eigenvalue weighted by Gasteiger charge is 2.12. The number of methoxy groups -OCH3 is 1. The van der Waals surface area contributed by atoms with Gasteiger partial charge in [-0.2, -0.15) is 0 Å². The number of nitrogens with one attached hydrogen (secondary N) is 1. The molecule has 7 heteroatoms. The minimum Gasteiger partial charge on any atom is -0.495 e. The Kier molecular flexibility index (Phi) is 5.23. The second kappa shape index (κ2) is 8.13. The monoisotopic (exact) mass is 401 g/mol. The average Bonchev–Trinajstić information content (AvgIpc) is 2.77. The fourth-order valence-corrected chi connectivity index (χ4v) is 3.35. The van der Waals surface area contributed by atoms with Gasteiger partial charge < -0.3 is 10.1 Å². The first kappa shape index (κ1) is 18.7. The van der Waals surface area contributed by atoms with Crippen LogP contribution in [0.4, 0.5) is 11.5 Å². The van der Waals surface area contributed by atoms with Crippen LogP contribution in [0.15, 0.2) is 60.9 Å². The SMILES string of the molecule is [C-]#[N+]c1ccc2c(-c3ccncc3)nnc(NCc3ccc(OC)c(Cl)c3)c2c1. The third-order valence-electron chi connectivity index (χ3n) is 4.52. The van der Waals surface area contributed by atoms with Crippen LogP contribution in [0.2, 0.25) is 5.02 Å². The number of pyridine rings is 1. The first-order valence-electron chi connectivity index (χ1n) is 8.84. The molecule has 2 aromatic heterocycles. The summed E-state index contributed by atoms with van der Waals surface area (Å²) in [5.41, 5.74) is 3.19.